The molecule has 0 aliphatic carbocycles. The van der Waals surface area contributed by atoms with E-state index in [1.54, 1.807) is 79.9 Å². The van der Waals surface area contributed by atoms with Gasteiger partial charge in [0.1, 0.15) is 17.2 Å². The van der Waals surface area contributed by atoms with Crippen LogP contribution in [0.1, 0.15) is 64.9 Å². The molecule has 0 aliphatic heterocycles. The van der Waals surface area contributed by atoms with Crippen LogP contribution >= 0.6 is 0 Å². The van der Waals surface area contributed by atoms with Gasteiger partial charge in [0.25, 0.3) is 30.4 Å². The molecule has 17 heteroatoms. The van der Waals surface area contributed by atoms with Crippen LogP contribution in [0, 0.1) is 6.92 Å². The minimum absolute atomic E-state index is 0.108. The molecule has 0 atom stereocenters. The van der Waals surface area contributed by atoms with Crippen molar-refractivity contribution in [2.24, 2.45) is 0 Å². The molecule has 3 aromatic carbocycles. The fourth-order valence-electron chi connectivity index (χ4n) is 3.30. The number of rotatable bonds is 14. The van der Waals surface area contributed by atoms with Gasteiger partial charge < -0.3 is 9.47 Å². The lowest BCUT2D eigenvalue weighted by Gasteiger charge is -2.08. The van der Waals surface area contributed by atoms with E-state index in [-0.39, 0.29) is 27.0 Å². The highest BCUT2D eigenvalue weighted by Gasteiger charge is 2.17. The van der Waals surface area contributed by atoms with E-state index >= 15 is 0 Å². The lowest BCUT2D eigenvalue weighted by Crippen LogP contribution is -2.02. The Morgan fingerprint density at radius 3 is 1.04 bits per heavy atom. The number of hydrogen-bond acceptors (Lipinski definition) is 10. The first-order chi connectivity index (χ1) is 22.7. The Bertz CT molecular complexity index is 1700. The molecule has 0 bridgehead atoms. The molecule has 0 amide bonds. The predicted octanol–water partition coefficient (Wildman–Crippen LogP) is 6.65. The van der Waals surface area contributed by atoms with E-state index in [0.29, 0.717) is 30.8 Å². The zero-order valence-electron chi connectivity index (χ0n) is 28.3. The van der Waals surface area contributed by atoms with Gasteiger partial charge in [0, 0.05) is 0 Å². The van der Waals surface area contributed by atoms with Crippen LogP contribution in [0.4, 0.5) is 0 Å². The van der Waals surface area contributed by atoms with Gasteiger partial charge in [-0.05, 0) is 86.8 Å². The van der Waals surface area contributed by atoms with Crippen LogP contribution in [-0.4, -0.2) is 71.7 Å². The summed E-state index contributed by atoms with van der Waals surface area (Å²) >= 11 is 0. The summed E-state index contributed by atoms with van der Waals surface area (Å²) in [7, 11) is -13.0. The molecular formula is C32H48O13S4. The average Bonchev–Trinajstić information content (AvgIpc) is 3.02. The maximum absolute atomic E-state index is 12.6. The molecular weight excluding hydrogens is 721 g/mol. The first-order valence-corrected chi connectivity index (χ1v) is 21.6. The molecule has 0 aliphatic rings. The third-order valence-corrected chi connectivity index (χ3v) is 10.2. The number of methoxy groups -OCH3 is 1. The van der Waals surface area contributed by atoms with Crippen LogP contribution < -0.4 is 9.47 Å². The molecule has 3 aromatic rings. The Morgan fingerprint density at radius 1 is 0.490 bits per heavy atom. The lowest BCUT2D eigenvalue weighted by molar-refractivity contribution is 0.413. The van der Waals surface area contributed by atoms with Crippen molar-refractivity contribution in [1.82, 2.24) is 0 Å². The van der Waals surface area contributed by atoms with Crippen LogP contribution in [0.3, 0.4) is 0 Å². The molecule has 3 N–H and O–H groups in total. The summed E-state index contributed by atoms with van der Waals surface area (Å²) in [6.07, 6.45) is 4.00. The van der Waals surface area contributed by atoms with Crippen LogP contribution in [-0.2, 0) is 40.2 Å². The van der Waals surface area contributed by atoms with Crippen molar-refractivity contribution in [3.63, 3.8) is 0 Å². The molecule has 0 fully saturated rings. The minimum Gasteiger partial charge on any atom is -0.497 e. The van der Waals surface area contributed by atoms with Crippen molar-refractivity contribution in [2.45, 2.75) is 76.0 Å². The molecule has 0 aromatic heterocycles. The zero-order valence-corrected chi connectivity index (χ0v) is 31.6. The van der Waals surface area contributed by atoms with Crippen LogP contribution in [0.15, 0.2) is 82.6 Å². The summed E-state index contributed by atoms with van der Waals surface area (Å²) in [6.45, 7) is 7.52. The molecule has 278 valence electrons. The van der Waals surface area contributed by atoms with Crippen molar-refractivity contribution in [1.29, 1.82) is 0 Å². The molecule has 0 heterocycles. The number of sulfone groups is 1. The molecule has 13 nitrogen and oxygen atoms in total. The van der Waals surface area contributed by atoms with E-state index in [9.17, 15) is 33.7 Å². The second-order valence-electron chi connectivity index (χ2n) is 10.5. The van der Waals surface area contributed by atoms with Crippen molar-refractivity contribution >= 4 is 40.2 Å². The van der Waals surface area contributed by atoms with Crippen molar-refractivity contribution in [2.75, 3.05) is 24.4 Å². The number of aryl methyl sites for hydroxylation is 1. The van der Waals surface area contributed by atoms with Gasteiger partial charge >= 0.3 is 0 Å². The SMILES string of the molecule is CCCCS(=O)(=O)O.CCCCS(=O)(=O)O.CCCCS(=O)(=O)O.COc1ccc(Oc2ccc(S(=O)(=O)c3ccc(C)cc3)cc2)cc1. The van der Waals surface area contributed by atoms with E-state index in [0.717, 1.165) is 30.6 Å². The van der Waals surface area contributed by atoms with Crippen LogP contribution in [0.25, 0.3) is 0 Å². The number of ether oxygens (including phenoxy) is 2. The third-order valence-electron chi connectivity index (χ3n) is 6.03. The van der Waals surface area contributed by atoms with Crippen LogP contribution in [0.5, 0.6) is 17.2 Å². The van der Waals surface area contributed by atoms with Gasteiger partial charge in [-0.25, -0.2) is 8.42 Å². The molecule has 0 saturated heterocycles. The summed E-state index contributed by atoms with van der Waals surface area (Å²) in [5, 5.41) is 0. The molecule has 3 rings (SSSR count). The predicted molar refractivity (Wildman–Crippen MR) is 190 cm³/mol. The van der Waals surface area contributed by atoms with Crippen molar-refractivity contribution in [3.05, 3.63) is 78.4 Å². The van der Waals surface area contributed by atoms with Gasteiger partial charge in [0.15, 0.2) is 0 Å². The fourth-order valence-corrected chi connectivity index (χ4v) is 6.52. The Balaban J connectivity index is 0.000000786. The van der Waals surface area contributed by atoms with Gasteiger partial charge in [0.2, 0.25) is 9.84 Å². The van der Waals surface area contributed by atoms with E-state index in [1.807, 2.05) is 27.7 Å². The maximum Gasteiger partial charge on any atom is 0.264 e. The normalized spacial score (nSPS) is 11.4. The minimum atomic E-state index is -3.69. The van der Waals surface area contributed by atoms with Gasteiger partial charge in [-0.1, -0.05) is 57.7 Å². The molecule has 0 spiro atoms. The maximum atomic E-state index is 12.6. The largest absolute Gasteiger partial charge is 0.497 e. The van der Waals surface area contributed by atoms with E-state index in [4.69, 9.17) is 23.1 Å². The summed E-state index contributed by atoms with van der Waals surface area (Å²) in [4.78, 5) is 0.514. The highest BCUT2D eigenvalue weighted by molar-refractivity contribution is 7.91. The second kappa shape index (κ2) is 22.6. The van der Waals surface area contributed by atoms with E-state index in [1.165, 1.54) is 0 Å². The first kappa shape index (κ1) is 45.9. The third kappa shape index (κ3) is 23.1. The molecule has 49 heavy (non-hydrogen) atoms. The van der Waals surface area contributed by atoms with Gasteiger partial charge in [-0.3, -0.25) is 13.7 Å². The highest BCUT2D eigenvalue weighted by Crippen LogP contribution is 2.27. The zero-order chi connectivity index (χ0) is 37.7. The number of unbranched alkanes of at least 4 members (excludes halogenated alkanes) is 3. The first-order valence-electron chi connectivity index (χ1n) is 15.3. The number of hydrogen-bond donors (Lipinski definition) is 3. The van der Waals surface area contributed by atoms with Gasteiger partial charge in [-0.15, -0.1) is 0 Å². The Labute approximate surface area is 291 Å². The molecule has 0 saturated carbocycles. The van der Waals surface area contributed by atoms with E-state index < -0.39 is 40.2 Å². The lowest BCUT2D eigenvalue weighted by atomic mass is 10.2. The van der Waals surface area contributed by atoms with Crippen LogP contribution in [0.2, 0.25) is 0 Å². The molecule has 0 radical (unpaired) electrons. The summed E-state index contributed by atoms with van der Waals surface area (Å²) in [5.41, 5.74) is 1.02. The Kier molecular flexibility index (Phi) is 21.2. The van der Waals surface area contributed by atoms with Crippen molar-refractivity contribution < 1.29 is 56.8 Å². The Morgan fingerprint density at radius 2 is 0.776 bits per heavy atom. The topological polar surface area (TPSA) is 216 Å². The smallest absolute Gasteiger partial charge is 0.264 e. The standard InChI is InChI=1S/C20H18O4S.3C4H10O3S/c1-15-3-11-19(12-4-15)25(21,22)20-13-9-18(10-14-20)24-17-7-5-16(23-2)6-8-17;3*1-2-3-4-8(5,6)7/h3-14H,1-2H3;3*2-4H2,1H3,(H,5,6,7). The summed E-state index contributed by atoms with van der Waals surface area (Å²) < 4.78 is 120. The highest BCUT2D eigenvalue weighted by atomic mass is 32.2. The quantitative estimate of drug-likeness (QED) is 0.147. The van der Waals surface area contributed by atoms with Crippen molar-refractivity contribution in [3.8, 4) is 17.2 Å². The Hall–Kier alpha value is -3.06. The summed E-state index contributed by atoms with van der Waals surface area (Å²) in [6, 6.07) is 20.4. The van der Waals surface area contributed by atoms with Gasteiger partial charge in [-0.2, -0.15) is 25.3 Å². The monoisotopic (exact) mass is 768 g/mol. The number of benzene rings is 3. The molecule has 0 unspecified atom stereocenters. The average molecular weight is 769 g/mol. The second-order valence-corrected chi connectivity index (χ2v) is 17.2. The van der Waals surface area contributed by atoms with Gasteiger partial charge in [0.05, 0.1) is 34.2 Å². The fraction of sp³-hybridized carbons (Fsp3) is 0.438. The van der Waals surface area contributed by atoms with E-state index in [2.05, 4.69) is 0 Å². The summed E-state index contributed by atoms with van der Waals surface area (Å²) in [5.74, 6) is 1.63.